The molecular weight excluding hydrogens is 336 g/mol. The number of carbonyl (C=O) groups excluding carboxylic acids is 1. The molecule has 1 atom stereocenters. The molecule has 0 aliphatic carbocycles. The van der Waals surface area contributed by atoms with Crippen molar-refractivity contribution in [3.63, 3.8) is 0 Å². The zero-order valence-electron chi connectivity index (χ0n) is 10.2. The van der Waals surface area contributed by atoms with Crippen molar-refractivity contribution in [2.24, 2.45) is 0 Å². The molecule has 0 heterocycles. The van der Waals surface area contributed by atoms with E-state index >= 15 is 0 Å². The highest BCUT2D eigenvalue weighted by molar-refractivity contribution is 9.10. The summed E-state index contributed by atoms with van der Waals surface area (Å²) in [5, 5.41) is 13.4. The SMILES string of the molecule is CS(=O)CCCNC(=O)c1cccc([N+](=O)[O-])c1Br. The van der Waals surface area contributed by atoms with Gasteiger partial charge < -0.3 is 5.32 Å². The second kappa shape index (κ2) is 7.34. The van der Waals surface area contributed by atoms with E-state index in [9.17, 15) is 19.1 Å². The third-order valence-corrected chi connectivity index (χ3v) is 4.01. The molecule has 0 radical (unpaired) electrons. The number of nitrogens with zero attached hydrogens (tertiary/aromatic N) is 1. The van der Waals surface area contributed by atoms with Crippen molar-refractivity contribution in [1.29, 1.82) is 0 Å². The maximum Gasteiger partial charge on any atom is 0.284 e. The van der Waals surface area contributed by atoms with Gasteiger partial charge in [-0.15, -0.1) is 0 Å². The first-order valence-electron chi connectivity index (χ1n) is 5.44. The lowest BCUT2D eigenvalue weighted by Crippen LogP contribution is -2.25. The average molecular weight is 349 g/mol. The zero-order valence-corrected chi connectivity index (χ0v) is 12.6. The summed E-state index contributed by atoms with van der Waals surface area (Å²) in [6, 6.07) is 4.28. The van der Waals surface area contributed by atoms with Crippen LogP contribution in [0.4, 0.5) is 5.69 Å². The third-order valence-electron chi connectivity index (χ3n) is 2.31. The largest absolute Gasteiger partial charge is 0.352 e. The predicted octanol–water partition coefficient (Wildman–Crippen LogP) is 1.86. The van der Waals surface area contributed by atoms with Crippen LogP contribution in [-0.2, 0) is 10.8 Å². The molecule has 0 fully saturated rings. The van der Waals surface area contributed by atoms with Crippen molar-refractivity contribution < 1.29 is 13.9 Å². The molecule has 104 valence electrons. The predicted molar refractivity (Wildman–Crippen MR) is 76.7 cm³/mol. The maximum absolute atomic E-state index is 11.8. The number of nitrogens with one attached hydrogen (secondary N) is 1. The van der Waals surface area contributed by atoms with E-state index in [2.05, 4.69) is 21.2 Å². The fourth-order valence-corrected chi connectivity index (χ4v) is 2.55. The van der Waals surface area contributed by atoms with Gasteiger partial charge in [-0.1, -0.05) is 6.07 Å². The first-order chi connectivity index (χ1) is 8.93. The van der Waals surface area contributed by atoms with Crippen molar-refractivity contribution >= 4 is 38.3 Å². The lowest BCUT2D eigenvalue weighted by atomic mass is 10.2. The molecule has 1 amide bonds. The minimum atomic E-state index is -0.889. The molecule has 1 aromatic carbocycles. The highest BCUT2D eigenvalue weighted by Crippen LogP contribution is 2.28. The van der Waals surface area contributed by atoms with Crippen molar-refractivity contribution in [2.45, 2.75) is 6.42 Å². The minimum absolute atomic E-state index is 0.151. The molecule has 0 saturated heterocycles. The number of hydrogen-bond acceptors (Lipinski definition) is 4. The van der Waals surface area contributed by atoms with Crippen LogP contribution in [0.3, 0.4) is 0 Å². The average Bonchev–Trinajstić information content (AvgIpc) is 2.34. The van der Waals surface area contributed by atoms with Gasteiger partial charge in [0, 0.05) is 35.4 Å². The summed E-state index contributed by atoms with van der Waals surface area (Å²) in [5.41, 5.74) is 0.0640. The number of rotatable bonds is 6. The van der Waals surface area contributed by atoms with E-state index in [1.54, 1.807) is 6.26 Å². The van der Waals surface area contributed by atoms with Crippen molar-refractivity contribution in [3.8, 4) is 0 Å². The Balaban J connectivity index is 2.70. The van der Waals surface area contributed by atoms with Gasteiger partial charge in [0.15, 0.2) is 0 Å². The summed E-state index contributed by atoms with van der Waals surface area (Å²) in [7, 11) is -0.889. The summed E-state index contributed by atoms with van der Waals surface area (Å²) in [5.74, 6) is 0.119. The van der Waals surface area contributed by atoms with Crippen molar-refractivity contribution in [1.82, 2.24) is 5.32 Å². The summed E-state index contributed by atoms with van der Waals surface area (Å²) < 4.78 is 11.0. The third kappa shape index (κ3) is 4.71. The Labute approximate surface area is 121 Å². The highest BCUT2D eigenvalue weighted by Gasteiger charge is 2.18. The smallest absolute Gasteiger partial charge is 0.284 e. The van der Waals surface area contributed by atoms with Gasteiger partial charge in [0.2, 0.25) is 0 Å². The van der Waals surface area contributed by atoms with Gasteiger partial charge in [-0.25, -0.2) is 0 Å². The van der Waals surface area contributed by atoms with Crippen LogP contribution in [0.1, 0.15) is 16.8 Å². The Morgan fingerprint density at radius 3 is 2.79 bits per heavy atom. The van der Waals surface area contributed by atoms with Gasteiger partial charge in [0.1, 0.15) is 4.47 Å². The van der Waals surface area contributed by atoms with E-state index in [1.807, 2.05) is 0 Å². The molecule has 0 spiro atoms. The number of halogens is 1. The molecule has 6 nitrogen and oxygen atoms in total. The molecular formula is C11H13BrN2O4S. The topological polar surface area (TPSA) is 89.3 Å². The zero-order chi connectivity index (χ0) is 14.4. The van der Waals surface area contributed by atoms with Gasteiger partial charge in [-0.2, -0.15) is 0 Å². The van der Waals surface area contributed by atoms with Crippen LogP contribution >= 0.6 is 15.9 Å². The molecule has 8 heteroatoms. The quantitative estimate of drug-likeness (QED) is 0.482. The molecule has 0 aromatic heterocycles. The van der Waals surface area contributed by atoms with Gasteiger partial charge in [-0.3, -0.25) is 19.1 Å². The maximum atomic E-state index is 11.8. The fraction of sp³-hybridized carbons (Fsp3) is 0.364. The van der Waals surface area contributed by atoms with Crippen LogP contribution in [0.15, 0.2) is 22.7 Å². The van der Waals surface area contributed by atoms with Crippen LogP contribution in [0, 0.1) is 10.1 Å². The van der Waals surface area contributed by atoms with E-state index in [0.717, 1.165) is 0 Å². The van der Waals surface area contributed by atoms with Gasteiger partial charge in [0.25, 0.3) is 11.6 Å². The van der Waals surface area contributed by atoms with Crippen LogP contribution in [0.5, 0.6) is 0 Å². The van der Waals surface area contributed by atoms with Gasteiger partial charge >= 0.3 is 0 Å². The molecule has 19 heavy (non-hydrogen) atoms. The Morgan fingerprint density at radius 1 is 1.53 bits per heavy atom. The molecule has 0 aliphatic heterocycles. The van der Waals surface area contributed by atoms with Crippen LogP contribution in [-0.4, -0.2) is 33.6 Å². The number of nitro benzene ring substituents is 1. The van der Waals surface area contributed by atoms with Crippen molar-refractivity contribution in [3.05, 3.63) is 38.3 Å². The Hall–Kier alpha value is -1.28. The molecule has 1 unspecified atom stereocenters. The Kier molecular flexibility index (Phi) is 6.10. The fourth-order valence-electron chi connectivity index (χ4n) is 1.41. The van der Waals surface area contributed by atoms with E-state index in [1.165, 1.54) is 18.2 Å². The molecule has 1 rings (SSSR count). The minimum Gasteiger partial charge on any atom is -0.352 e. The second-order valence-corrected chi connectivity index (χ2v) is 6.13. The molecule has 1 N–H and O–H groups in total. The normalized spacial score (nSPS) is 11.9. The van der Waals surface area contributed by atoms with Gasteiger partial charge in [0.05, 0.1) is 10.5 Å². The van der Waals surface area contributed by atoms with Crippen LogP contribution in [0.2, 0.25) is 0 Å². The lowest BCUT2D eigenvalue weighted by molar-refractivity contribution is -0.385. The first kappa shape index (κ1) is 15.8. The standard InChI is InChI=1S/C11H13BrN2O4S/c1-19(18)7-3-6-13-11(15)8-4-2-5-9(10(8)12)14(16)17/h2,4-5H,3,6-7H2,1H3,(H,13,15). The summed E-state index contributed by atoms with van der Waals surface area (Å²) in [6.07, 6.45) is 2.19. The highest BCUT2D eigenvalue weighted by atomic mass is 79.9. The van der Waals surface area contributed by atoms with Gasteiger partial charge in [-0.05, 0) is 28.4 Å². The molecule has 0 saturated carbocycles. The summed E-state index contributed by atoms with van der Waals surface area (Å²) in [6.45, 7) is 0.382. The van der Waals surface area contributed by atoms with E-state index in [4.69, 9.17) is 0 Å². The first-order valence-corrected chi connectivity index (χ1v) is 7.96. The molecule has 0 bridgehead atoms. The van der Waals surface area contributed by atoms with E-state index in [0.29, 0.717) is 18.7 Å². The number of nitro groups is 1. The van der Waals surface area contributed by atoms with E-state index < -0.39 is 21.6 Å². The van der Waals surface area contributed by atoms with Crippen LogP contribution < -0.4 is 5.32 Å². The molecule has 1 aromatic rings. The molecule has 0 aliphatic rings. The Morgan fingerprint density at radius 2 is 2.21 bits per heavy atom. The lowest BCUT2D eigenvalue weighted by Gasteiger charge is -2.06. The summed E-state index contributed by atoms with van der Waals surface area (Å²) >= 11 is 3.06. The van der Waals surface area contributed by atoms with E-state index in [-0.39, 0.29) is 15.7 Å². The summed E-state index contributed by atoms with van der Waals surface area (Å²) in [4.78, 5) is 22.0. The number of hydrogen-bond donors (Lipinski definition) is 1. The second-order valence-electron chi connectivity index (χ2n) is 3.78. The van der Waals surface area contributed by atoms with Crippen molar-refractivity contribution in [2.75, 3.05) is 18.6 Å². The Bertz CT molecular complexity index is 521. The monoisotopic (exact) mass is 348 g/mol. The number of carbonyl (C=O) groups is 1. The number of benzene rings is 1. The number of amides is 1. The van der Waals surface area contributed by atoms with Crippen LogP contribution in [0.25, 0.3) is 0 Å².